The van der Waals surface area contributed by atoms with Crippen molar-refractivity contribution in [2.75, 3.05) is 44.3 Å². The molecule has 192 valence electrons. The number of nitrogens with one attached hydrogen (secondary N) is 1. The van der Waals surface area contributed by atoms with Crippen LogP contribution in [-0.4, -0.2) is 80.3 Å². The molecular weight excluding hydrogens is 503 g/mol. The van der Waals surface area contributed by atoms with Crippen LogP contribution in [0.3, 0.4) is 0 Å². The fourth-order valence-electron chi connectivity index (χ4n) is 4.25. The topological polar surface area (TPSA) is 82.1 Å². The van der Waals surface area contributed by atoms with E-state index in [0.29, 0.717) is 43.3 Å². The van der Waals surface area contributed by atoms with Gasteiger partial charge in [0.15, 0.2) is 5.60 Å². The Morgan fingerprint density at radius 1 is 1.20 bits per heavy atom. The molecule has 2 saturated heterocycles. The maximum atomic E-state index is 13.3. The van der Waals surface area contributed by atoms with Gasteiger partial charge in [-0.1, -0.05) is 36.5 Å². The molecule has 1 aromatic carbocycles. The van der Waals surface area contributed by atoms with Crippen LogP contribution in [0, 0.1) is 0 Å². The molecule has 2 heterocycles. The van der Waals surface area contributed by atoms with E-state index >= 15 is 0 Å². The molecule has 2 fully saturated rings. The van der Waals surface area contributed by atoms with Crippen LogP contribution in [0.4, 0.5) is 18.9 Å². The number of nitrogens with zero attached hydrogens (tertiary/aromatic N) is 2. The molecule has 4 rings (SSSR count). The predicted molar refractivity (Wildman–Crippen MR) is 131 cm³/mol. The maximum Gasteiger partial charge on any atom is 0.421 e. The molecule has 0 radical (unpaired) electrons. The van der Waals surface area contributed by atoms with Gasteiger partial charge in [-0.2, -0.15) is 17.5 Å². The number of anilines is 1. The first-order valence-corrected chi connectivity index (χ1v) is 13.1. The molecule has 2 atom stereocenters. The number of rotatable bonds is 7. The molecule has 2 N–H and O–H groups in total. The first-order chi connectivity index (χ1) is 16.4. The zero-order valence-electron chi connectivity index (χ0n) is 19.2. The molecule has 0 aromatic heterocycles. The van der Waals surface area contributed by atoms with Gasteiger partial charge in [-0.15, -0.1) is 0 Å². The van der Waals surface area contributed by atoms with Crippen molar-refractivity contribution < 1.29 is 31.4 Å². The summed E-state index contributed by atoms with van der Waals surface area (Å²) in [7, 11) is -3.78. The van der Waals surface area contributed by atoms with Crippen LogP contribution in [0.25, 0.3) is 0 Å². The van der Waals surface area contributed by atoms with Crippen molar-refractivity contribution in [2.24, 2.45) is 0 Å². The molecule has 12 heteroatoms. The van der Waals surface area contributed by atoms with Gasteiger partial charge in [-0.25, -0.2) is 8.42 Å². The summed E-state index contributed by atoms with van der Waals surface area (Å²) in [4.78, 5) is 2.50. The molecule has 0 amide bonds. The summed E-state index contributed by atoms with van der Waals surface area (Å²) >= 11 is 5.29. The lowest BCUT2D eigenvalue weighted by atomic mass is 9.95. The molecule has 0 saturated carbocycles. The van der Waals surface area contributed by atoms with E-state index in [1.807, 2.05) is 11.0 Å². The highest BCUT2D eigenvalue weighted by Crippen LogP contribution is 2.39. The number of thiocarbonyl (C=S) groups is 1. The Labute approximate surface area is 208 Å². The van der Waals surface area contributed by atoms with Crippen molar-refractivity contribution >= 4 is 32.8 Å². The molecule has 7 nitrogen and oxygen atoms in total. The summed E-state index contributed by atoms with van der Waals surface area (Å²) in [6.07, 6.45) is 0.618. The van der Waals surface area contributed by atoms with Gasteiger partial charge in [0.25, 0.3) is 0 Å². The number of hydrogen-bond donors (Lipinski definition) is 2. The number of piperazine rings is 1. The molecular formula is C23H28F3N3O4S2. The lowest BCUT2D eigenvalue weighted by molar-refractivity contribution is -0.258. The lowest BCUT2D eigenvalue weighted by Crippen LogP contribution is -2.60. The van der Waals surface area contributed by atoms with E-state index in [-0.39, 0.29) is 35.6 Å². The summed E-state index contributed by atoms with van der Waals surface area (Å²) in [6.45, 7) is 3.07. The molecule has 0 spiro atoms. The third kappa shape index (κ3) is 5.32. The zero-order chi connectivity index (χ0) is 25.4. The predicted octanol–water partition coefficient (Wildman–Crippen LogP) is 2.48. The van der Waals surface area contributed by atoms with Crippen molar-refractivity contribution in [1.82, 2.24) is 9.62 Å². The summed E-state index contributed by atoms with van der Waals surface area (Å²) < 4.78 is 73.0. The van der Waals surface area contributed by atoms with Gasteiger partial charge in [-0.05, 0) is 30.7 Å². The molecule has 1 aromatic rings. The van der Waals surface area contributed by atoms with Crippen LogP contribution in [0.5, 0.6) is 0 Å². The smallest absolute Gasteiger partial charge is 0.378 e. The number of benzene rings is 1. The average Bonchev–Trinajstić information content (AvgIpc) is 2.77. The van der Waals surface area contributed by atoms with Gasteiger partial charge in [0.05, 0.1) is 30.2 Å². The van der Waals surface area contributed by atoms with E-state index in [1.165, 1.54) is 34.6 Å². The fourth-order valence-corrected chi connectivity index (χ4v) is 6.32. The second-order valence-corrected chi connectivity index (χ2v) is 11.5. The molecule has 3 aliphatic rings. The minimum atomic E-state index is -4.81. The van der Waals surface area contributed by atoms with Crippen LogP contribution in [0.1, 0.15) is 18.9 Å². The van der Waals surface area contributed by atoms with Crippen LogP contribution < -0.4 is 10.2 Å². The third-order valence-corrected chi connectivity index (χ3v) is 9.08. The van der Waals surface area contributed by atoms with Crippen molar-refractivity contribution in [2.45, 2.75) is 37.2 Å². The quantitative estimate of drug-likeness (QED) is 0.524. The van der Waals surface area contributed by atoms with Crippen LogP contribution in [0.15, 0.2) is 47.4 Å². The summed E-state index contributed by atoms with van der Waals surface area (Å²) in [5, 5.41) is 13.3. The van der Waals surface area contributed by atoms with Crippen LogP contribution >= 0.6 is 12.2 Å². The minimum absolute atomic E-state index is 0.140. The van der Waals surface area contributed by atoms with E-state index in [2.05, 4.69) is 5.32 Å². The first-order valence-electron chi connectivity index (χ1n) is 11.3. The van der Waals surface area contributed by atoms with E-state index in [1.54, 1.807) is 6.08 Å². The number of ether oxygens (including phenoxy) is 1. The molecule has 2 aliphatic heterocycles. The van der Waals surface area contributed by atoms with Crippen LogP contribution in [-0.2, 0) is 20.4 Å². The van der Waals surface area contributed by atoms with E-state index < -0.39 is 21.8 Å². The first kappa shape index (κ1) is 26.2. The minimum Gasteiger partial charge on any atom is -0.378 e. The number of halogens is 3. The Kier molecular flexibility index (Phi) is 7.43. The standard InChI is InChI=1S/C23H28F3N3O4S2/c1-22(30,23(24,25)26)16-6-8-18(9-7-16)29-11-10-28(13-19(29)12-27-17-14-33-15-17)35(31,32)21-5-3-2-4-20(21)34/h2-3,5-9,17,19,27,30H,4,10-15H2,1H3/t19-,22+/m0/s1. The molecule has 0 bridgehead atoms. The van der Waals surface area contributed by atoms with Crippen molar-refractivity contribution in [3.8, 4) is 0 Å². The van der Waals surface area contributed by atoms with Gasteiger partial charge in [0.1, 0.15) is 0 Å². The second kappa shape index (κ2) is 9.91. The molecule has 0 unspecified atom stereocenters. The van der Waals surface area contributed by atoms with Crippen LogP contribution in [0.2, 0.25) is 0 Å². The zero-order valence-corrected chi connectivity index (χ0v) is 20.8. The molecule has 1 aliphatic carbocycles. The number of hydrogen-bond acceptors (Lipinski definition) is 7. The van der Waals surface area contributed by atoms with Gasteiger partial charge in [0.2, 0.25) is 10.0 Å². The van der Waals surface area contributed by atoms with Gasteiger partial charge in [-0.3, -0.25) is 0 Å². The molecule has 35 heavy (non-hydrogen) atoms. The van der Waals surface area contributed by atoms with Crippen molar-refractivity contribution in [3.05, 3.63) is 53.0 Å². The number of allylic oxidation sites excluding steroid dienone is 4. The van der Waals surface area contributed by atoms with E-state index in [9.17, 15) is 26.7 Å². The highest BCUT2D eigenvalue weighted by atomic mass is 32.2. The fraction of sp³-hybridized carbons (Fsp3) is 0.522. The Balaban J connectivity index is 1.56. The summed E-state index contributed by atoms with van der Waals surface area (Å²) in [5.74, 6) is 0. The summed E-state index contributed by atoms with van der Waals surface area (Å²) in [6, 6.07) is 5.47. The summed E-state index contributed by atoms with van der Waals surface area (Å²) in [5.41, 5.74) is -2.58. The van der Waals surface area contributed by atoms with Gasteiger partial charge >= 0.3 is 6.18 Å². The Morgan fingerprint density at radius 2 is 1.89 bits per heavy atom. The van der Waals surface area contributed by atoms with Crippen molar-refractivity contribution in [1.29, 1.82) is 0 Å². The van der Waals surface area contributed by atoms with Crippen molar-refractivity contribution in [3.63, 3.8) is 0 Å². The van der Waals surface area contributed by atoms with Gasteiger partial charge < -0.3 is 20.1 Å². The van der Waals surface area contributed by atoms with E-state index in [0.717, 1.165) is 6.92 Å². The monoisotopic (exact) mass is 531 g/mol. The lowest BCUT2D eigenvalue weighted by Gasteiger charge is -2.43. The number of alkyl halides is 3. The Bertz CT molecular complexity index is 1110. The SMILES string of the molecule is C[C@@](O)(c1ccc(N2CCN(S(=O)(=O)C3=CC=CCC3=S)C[C@@H]2CNC2COC2)cc1)C(F)(F)F. The number of sulfonamides is 1. The normalized spacial score (nSPS) is 24.1. The Hall–Kier alpha value is -1.83. The Morgan fingerprint density at radius 3 is 2.46 bits per heavy atom. The second-order valence-electron chi connectivity index (χ2n) is 9.06. The highest BCUT2D eigenvalue weighted by Gasteiger charge is 2.51. The van der Waals surface area contributed by atoms with E-state index in [4.69, 9.17) is 17.0 Å². The van der Waals surface area contributed by atoms with Gasteiger partial charge in [0, 0.05) is 43.2 Å². The number of aliphatic hydroxyl groups is 1. The maximum absolute atomic E-state index is 13.3. The third-order valence-electron chi connectivity index (χ3n) is 6.62. The highest BCUT2D eigenvalue weighted by molar-refractivity contribution is 7.96. The largest absolute Gasteiger partial charge is 0.421 e. The average molecular weight is 532 g/mol.